The minimum Gasteiger partial charge on any atom is -0.346 e. The van der Waals surface area contributed by atoms with Crippen molar-refractivity contribution in [2.45, 2.75) is 39.2 Å². The van der Waals surface area contributed by atoms with Crippen LogP contribution in [0.1, 0.15) is 31.7 Å². The molecule has 1 aliphatic heterocycles. The average Bonchev–Trinajstić information content (AvgIpc) is 2.46. The number of anilines is 1. The maximum atomic E-state index is 11.9. The molecule has 0 spiro atoms. The van der Waals surface area contributed by atoms with Crippen LogP contribution in [0.2, 0.25) is 0 Å². The molecule has 1 fully saturated rings. The van der Waals surface area contributed by atoms with Gasteiger partial charge in [-0.3, -0.25) is 4.79 Å². The number of carbonyl (C=O) groups is 1. The molecule has 3 nitrogen and oxygen atoms in total. The van der Waals surface area contributed by atoms with Gasteiger partial charge in [0.2, 0.25) is 0 Å². The summed E-state index contributed by atoms with van der Waals surface area (Å²) in [5, 5.41) is 1.16. The quantitative estimate of drug-likeness (QED) is 0.836. The summed E-state index contributed by atoms with van der Waals surface area (Å²) in [6.07, 6.45) is 3.22. The van der Waals surface area contributed by atoms with Crippen molar-refractivity contribution in [3.63, 3.8) is 0 Å². The fraction of sp³-hybridized carbons (Fsp3) is 0.412. The second-order valence-corrected chi connectivity index (χ2v) is 5.64. The second-order valence-electron chi connectivity index (χ2n) is 5.64. The maximum Gasteiger partial charge on any atom is 0.152 e. The third-order valence-corrected chi connectivity index (χ3v) is 4.13. The van der Waals surface area contributed by atoms with Crippen molar-refractivity contribution in [1.29, 1.82) is 0 Å². The van der Waals surface area contributed by atoms with Crippen LogP contribution in [0.15, 0.2) is 30.3 Å². The number of fused-ring (bicyclic) bond motifs is 1. The molecule has 0 radical (unpaired) electrons. The van der Waals surface area contributed by atoms with Gasteiger partial charge in [0.25, 0.3) is 0 Å². The molecule has 0 amide bonds. The van der Waals surface area contributed by atoms with Gasteiger partial charge in [0.1, 0.15) is 5.82 Å². The Bertz CT molecular complexity index is 650. The molecule has 2 heterocycles. The van der Waals surface area contributed by atoms with Crippen molar-refractivity contribution >= 4 is 22.5 Å². The molecule has 1 saturated heterocycles. The molecule has 1 aromatic carbocycles. The van der Waals surface area contributed by atoms with E-state index in [1.165, 1.54) is 0 Å². The molecule has 1 aromatic heterocycles. The van der Waals surface area contributed by atoms with Crippen LogP contribution in [0.25, 0.3) is 10.9 Å². The molecule has 0 bridgehead atoms. The van der Waals surface area contributed by atoms with Crippen LogP contribution < -0.4 is 4.90 Å². The highest BCUT2D eigenvalue weighted by Gasteiger charge is 2.28. The smallest absolute Gasteiger partial charge is 0.152 e. The van der Waals surface area contributed by atoms with Crippen LogP contribution in [-0.4, -0.2) is 23.4 Å². The molecule has 1 aliphatic rings. The van der Waals surface area contributed by atoms with Crippen molar-refractivity contribution in [3.05, 3.63) is 35.9 Å². The van der Waals surface area contributed by atoms with Gasteiger partial charge in [0.15, 0.2) is 5.78 Å². The van der Waals surface area contributed by atoms with Crippen molar-refractivity contribution < 1.29 is 4.79 Å². The molecule has 104 valence electrons. The number of Topliss-reactive ketones (excluding diaryl/α,β-unsaturated/α-hetero) is 1. The zero-order chi connectivity index (χ0) is 14.1. The summed E-state index contributed by atoms with van der Waals surface area (Å²) in [6, 6.07) is 10.3. The van der Waals surface area contributed by atoms with E-state index in [1.54, 1.807) is 6.92 Å². The fourth-order valence-electron chi connectivity index (χ4n) is 3.11. The Labute approximate surface area is 119 Å². The summed E-state index contributed by atoms with van der Waals surface area (Å²) >= 11 is 0. The van der Waals surface area contributed by atoms with Gasteiger partial charge in [-0.1, -0.05) is 18.2 Å². The largest absolute Gasteiger partial charge is 0.346 e. The average molecular weight is 268 g/mol. The number of piperidine rings is 1. The Morgan fingerprint density at radius 2 is 2.10 bits per heavy atom. The number of nitrogens with zero attached hydrogens (tertiary/aromatic N) is 2. The maximum absolute atomic E-state index is 11.9. The number of para-hydroxylation sites is 1. The molecule has 20 heavy (non-hydrogen) atoms. The lowest BCUT2D eigenvalue weighted by Gasteiger charge is -2.36. The van der Waals surface area contributed by atoms with Crippen LogP contribution in [-0.2, 0) is 4.79 Å². The molecule has 1 atom stereocenters. The SMILES string of the molecule is CC(=O)C1CCCCN1c1nc2ccccc2cc1C. The number of aryl methyl sites for hydroxylation is 1. The van der Waals surface area contributed by atoms with Crippen LogP contribution in [0.5, 0.6) is 0 Å². The highest BCUT2D eigenvalue weighted by Crippen LogP contribution is 2.28. The Morgan fingerprint density at radius 1 is 1.30 bits per heavy atom. The summed E-state index contributed by atoms with van der Waals surface area (Å²) in [7, 11) is 0. The van der Waals surface area contributed by atoms with E-state index in [0.29, 0.717) is 0 Å². The Hall–Kier alpha value is -1.90. The van der Waals surface area contributed by atoms with Gasteiger partial charge < -0.3 is 4.90 Å². The number of aromatic nitrogens is 1. The topological polar surface area (TPSA) is 33.2 Å². The summed E-state index contributed by atoms with van der Waals surface area (Å²) in [6.45, 7) is 4.70. The number of rotatable bonds is 2. The van der Waals surface area contributed by atoms with E-state index in [9.17, 15) is 4.79 Å². The number of carbonyl (C=O) groups excluding carboxylic acids is 1. The second kappa shape index (κ2) is 5.23. The highest BCUT2D eigenvalue weighted by atomic mass is 16.1. The Balaban J connectivity index is 2.07. The van der Waals surface area contributed by atoms with E-state index >= 15 is 0 Å². The van der Waals surface area contributed by atoms with Gasteiger partial charge in [-0.25, -0.2) is 4.98 Å². The summed E-state index contributed by atoms with van der Waals surface area (Å²) in [5.41, 5.74) is 2.15. The zero-order valence-electron chi connectivity index (χ0n) is 12.1. The normalized spacial score (nSPS) is 19.3. The van der Waals surface area contributed by atoms with Crippen molar-refractivity contribution in [2.24, 2.45) is 0 Å². The monoisotopic (exact) mass is 268 g/mol. The standard InChI is InChI=1S/C17H20N2O/c1-12-11-14-7-3-4-8-15(14)18-17(12)19-10-6-5-9-16(19)13(2)20/h3-4,7-8,11,16H,5-6,9-10H2,1-2H3. The third kappa shape index (κ3) is 2.28. The predicted octanol–water partition coefficient (Wildman–Crippen LogP) is 3.49. The van der Waals surface area contributed by atoms with E-state index in [-0.39, 0.29) is 11.8 Å². The van der Waals surface area contributed by atoms with Crippen LogP contribution in [0.3, 0.4) is 0 Å². The fourth-order valence-corrected chi connectivity index (χ4v) is 3.11. The van der Waals surface area contributed by atoms with Crippen LogP contribution >= 0.6 is 0 Å². The summed E-state index contributed by atoms with van der Waals surface area (Å²) in [4.78, 5) is 18.9. The Kier molecular flexibility index (Phi) is 3.43. The number of benzene rings is 1. The van der Waals surface area contributed by atoms with Gasteiger partial charge in [0.05, 0.1) is 11.6 Å². The van der Waals surface area contributed by atoms with Crippen molar-refractivity contribution in [1.82, 2.24) is 4.98 Å². The van der Waals surface area contributed by atoms with Gasteiger partial charge >= 0.3 is 0 Å². The van der Waals surface area contributed by atoms with E-state index < -0.39 is 0 Å². The molecule has 3 rings (SSSR count). The third-order valence-electron chi connectivity index (χ3n) is 4.13. The first kappa shape index (κ1) is 13.1. The van der Waals surface area contributed by atoms with Gasteiger partial charge in [0, 0.05) is 11.9 Å². The highest BCUT2D eigenvalue weighted by molar-refractivity contribution is 5.87. The first-order chi connectivity index (χ1) is 9.66. The molecule has 3 heteroatoms. The Morgan fingerprint density at radius 3 is 2.90 bits per heavy atom. The van der Waals surface area contributed by atoms with Gasteiger partial charge in [-0.15, -0.1) is 0 Å². The molecule has 0 N–H and O–H groups in total. The first-order valence-electron chi connectivity index (χ1n) is 7.30. The molecular formula is C17H20N2O. The van der Waals surface area contributed by atoms with Gasteiger partial charge in [-0.05, 0) is 50.8 Å². The van der Waals surface area contributed by atoms with E-state index in [0.717, 1.165) is 48.1 Å². The predicted molar refractivity (Wildman–Crippen MR) is 82.1 cm³/mol. The van der Waals surface area contributed by atoms with Gasteiger partial charge in [-0.2, -0.15) is 0 Å². The van der Waals surface area contributed by atoms with Crippen molar-refractivity contribution in [2.75, 3.05) is 11.4 Å². The lowest BCUT2D eigenvalue weighted by Crippen LogP contribution is -2.44. The minimum atomic E-state index is -0.00360. The van der Waals surface area contributed by atoms with E-state index in [1.807, 2.05) is 18.2 Å². The molecule has 2 aromatic rings. The summed E-state index contributed by atoms with van der Waals surface area (Å²) < 4.78 is 0. The van der Waals surface area contributed by atoms with Crippen LogP contribution in [0, 0.1) is 6.92 Å². The number of hydrogen-bond donors (Lipinski definition) is 0. The number of ketones is 1. The first-order valence-corrected chi connectivity index (χ1v) is 7.30. The van der Waals surface area contributed by atoms with E-state index in [2.05, 4.69) is 24.0 Å². The zero-order valence-corrected chi connectivity index (χ0v) is 12.1. The minimum absolute atomic E-state index is 0.00360. The molecule has 0 saturated carbocycles. The number of hydrogen-bond acceptors (Lipinski definition) is 3. The molecule has 1 unspecified atom stereocenters. The number of pyridine rings is 1. The lowest BCUT2D eigenvalue weighted by atomic mass is 9.98. The molecule has 0 aliphatic carbocycles. The lowest BCUT2D eigenvalue weighted by molar-refractivity contribution is -0.118. The molecular weight excluding hydrogens is 248 g/mol. The van der Waals surface area contributed by atoms with E-state index in [4.69, 9.17) is 4.98 Å². The van der Waals surface area contributed by atoms with Crippen LogP contribution in [0.4, 0.5) is 5.82 Å². The van der Waals surface area contributed by atoms with Crippen molar-refractivity contribution in [3.8, 4) is 0 Å². The summed E-state index contributed by atoms with van der Waals surface area (Å²) in [5.74, 6) is 1.22.